The second kappa shape index (κ2) is 3.65. The number of carbonyl (C=O) groups excluding carboxylic acids is 1. The van der Waals surface area contributed by atoms with Crippen LogP contribution in [0.3, 0.4) is 0 Å². The Hall–Kier alpha value is -1.58. The summed E-state index contributed by atoms with van der Waals surface area (Å²) in [5, 5.41) is 2.74. The van der Waals surface area contributed by atoms with E-state index in [1.54, 1.807) is 6.07 Å². The van der Waals surface area contributed by atoms with E-state index in [9.17, 15) is 9.59 Å². The number of rotatable bonds is 3. The topological polar surface area (TPSA) is 62.0 Å². The summed E-state index contributed by atoms with van der Waals surface area (Å²) in [6, 6.07) is 3.18. The molecule has 0 atom stereocenters. The average molecular weight is 192 g/mol. The molecule has 1 fully saturated rings. The summed E-state index contributed by atoms with van der Waals surface area (Å²) in [7, 11) is 0. The number of pyridine rings is 1. The van der Waals surface area contributed by atoms with Gasteiger partial charge in [0.1, 0.15) is 5.56 Å². The largest absolute Gasteiger partial charge is 0.352 e. The molecule has 0 unspecified atom stereocenters. The van der Waals surface area contributed by atoms with Gasteiger partial charge in [-0.3, -0.25) is 9.59 Å². The molecule has 1 aromatic heterocycles. The SMILES string of the molecule is O=C(NCC1CC1)c1ccc[nH]c1=O. The summed E-state index contributed by atoms with van der Waals surface area (Å²) >= 11 is 0. The molecule has 1 amide bonds. The van der Waals surface area contributed by atoms with Crippen molar-refractivity contribution < 1.29 is 4.79 Å². The molecule has 1 saturated carbocycles. The van der Waals surface area contributed by atoms with Gasteiger partial charge in [0.25, 0.3) is 11.5 Å². The molecule has 0 saturated heterocycles. The number of amides is 1. The zero-order valence-electron chi connectivity index (χ0n) is 7.75. The molecule has 1 aromatic rings. The smallest absolute Gasteiger partial charge is 0.260 e. The molecule has 0 radical (unpaired) electrons. The van der Waals surface area contributed by atoms with Crippen molar-refractivity contribution in [1.82, 2.24) is 10.3 Å². The highest BCUT2D eigenvalue weighted by Gasteiger charge is 2.22. The molecule has 1 heterocycles. The summed E-state index contributed by atoms with van der Waals surface area (Å²) in [6.45, 7) is 0.688. The van der Waals surface area contributed by atoms with Crippen LogP contribution in [0, 0.1) is 5.92 Å². The van der Waals surface area contributed by atoms with E-state index in [0.29, 0.717) is 12.5 Å². The summed E-state index contributed by atoms with van der Waals surface area (Å²) in [6.07, 6.45) is 3.89. The quantitative estimate of drug-likeness (QED) is 0.733. The fourth-order valence-corrected chi connectivity index (χ4v) is 1.25. The van der Waals surface area contributed by atoms with E-state index in [2.05, 4.69) is 10.3 Å². The van der Waals surface area contributed by atoms with E-state index in [-0.39, 0.29) is 17.0 Å². The molecular weight excluding hydrogens is 180 g/mol. The number of nitrogens with one attached hydrogen (secondary N) is 2. The van der Waals surface area contributed by atoms with Crippen LogP contribution in [0.2, 0.25) is 0 Å². The van der Waals surface area contributed by atoms with Gasteiger partial charge in [0.2, 0.25) is 0 Å². The first-order chi connectivity index (χ1) is 6.77. The Kier molecular flexibility index (Phi) is 2.35. The van der Waals surface area contributed by atoms with Crippen LogP contribution in [0.15, 0.2) is 23.1 Å². The van der Waals surface area contributed by atoms with Gasteiger partial charge in [-0.25, -0.2) is 0 Å². The van der Waals surface area contributed by atoms with E-state index >= 15 is 0 Å². The lowest BCUT2D eigenvalue weighted by Gasteiger charge is -2.02. The van der Waals surface area contributed by atoms with Crippen molar-refractivity contribution in [2.75, 3.05) is 6.54 Å². The zero-order chi connectivity index (χ0) is 9.97. The molecule has 74 valence electrons. The molecule has 1 aliphatic rings. The van der Waals surface area contributed by atoms with E-state index in [1.165, 1.54) is 25.1 Å². The predicted molar refractivity (Wildman–Crippen MR) is 52.1 cm³/mol. The molecule has 2 N–H and O–H groups in total. The summed E-state index contributed by atoms with van der Waals surface area (Å²) in [5.41, 5.74) is -0.144. The molecule has 2 rings (SSSR count). The molecule has 14 heavy (non-hydrogen) atoms. The summed E-state index contributed by atoms with van der Waals surface area (Å²) in [5.74, 6) is 0.348. The third-order valence-corrected chi connectivity index (χ3v) is 2.31. The van der Waals surface area contributed by atoms with Crippen LogP contribution < -0.4 is 10.9 Å². The van der Waals surface area contributed by atoms with Crippen LogP contribution in [-0.4, -0.2) is 17.4 Å². The minimum absolute atomic E-state index is 0.188. The van der Waals surface area contributed by atoms with Crippen molar-refractivity contribution in [3.63, 3.8) is 0 Å². The lowest BCUT2D eigenvalue weighted by molar-refractivity contribution is 0.0950. The average Bonchev–Trinajstić information content (AvgIpc) is 2.98. The Bertz CT molecular complexity index is 393. The van der Waals surface area contributed by atoms with Crippen molar-refractivity contribution in [1.29, 1.82) is 0 Å². The number of H-pyrrole nitrogens is 1. The van der Waals surface area contributed by atoms with Crippen LogP contribution >= 0.6 is 0 Å². The Balaban J connectivity index is 2.02. The maximum absolute atomic E-state index is 11.5. The van der Waals surface area contributed by atoms with Crippen LogP contribution in [0.4, 0.5) is 0 Å². The molecule has 4 nitrogen and oxygen atoms in total. The Morgan fingerprint density at radius 2 is 2.36 bits per heavy atom. The second-order valence-electron chi connectivity index (χ2n) is 3.57. The maximum Gasteiger partial charge on any atom is 0.260 e. The van der Waals surface area contributed by atoms with Crippen molar-refractivity contribution in [2.24, 2.45) is 5.92 Å². The monoisotopic (exact) mass is 192 g/mol. The lowest BCUT2D eigenvalue weighted by Crippen LogP contribution is -2.30. The summed E-state index contributed by atoms with van der Waals surface area (Å²) in [4.78, 5) is 25.1. The summed E-state index contributed by atoms with van der Waals surface area (Å²) < 4.78 is 0. The molecule has 0 aliphatic heterocycles. The highest BCUT2D eigenvalue weighted by Crippen LogP contribution is 2.27. The third kappa shape index (κ3) is 2.02. The Morgan fingerprint density at radius 1 is 1.57 bits per heavy atom. The molecule has 0 spiro atoms. The highest BCUT2D eigenvalue weighted by molar-refractivity contribution is 5.93. The Morgan fingerprint density at radius 3 is 3.00 bits per heavy atom. The molecule has 0 bridgehead atoms. The van der Waals surface area contributed by atoms with E-state index < -0.39 is 0 Å². The van der Waals surface area contributed by atoms with E-state index in [0.717, 1.165) is 0 Å². The first kappa shape index (κ1) is 8.99. The first-order valence-electron chi connectivity index (χ1n) is 4.73. The minimum atomic E-state index is -0.333. The van der Waals surface area contributed by atoms with Gasteiger partial charge >= 0.3 is 0 Å². The molecule has 0 aromatic carbocycles. The predicted octanol–water partition coefficient (Wildman–Crippen LogP) is 0.515. The number of hydrogen-bond acceptors (Lipinski definition) is 2. The van der Waals surface area contributed by atoms with Gasteiger partial charge in [0.05, 0.1) is 0 Å². The number of carbonyl (C=O) groups is 1. The van der Waals surface area contributed by atoms with Crippen LogP contribution in [0.25, 0.3) is 0 Å². The second-order valence-corrected chi connectivity index (χ2v) is 3.57. The number of hydrogen-bond donors (Lipinski definition) is 2. The van der Waals surface area contributed by atoms with Gasteiger partial charge in [-0.1, -0.05) is 0 Å². The molecular formula is C10H12N2O2. The van der Waals surface area contributed by atoms with Gasteiger partial charge in [-0.2, -0.15) is 0 Å². The zero-order valence-corrected chi connectivity index (χ0v) is 7.75. The third-order valence-electron chi connectivity index (χ3n) is 2.31. The normalized spacial score (nSPS) is 15.1. The van der Waals surface area contributed by atoms with Gasteiger partial charge in [-0.05, 0) is 30.9 Å². The van der Waals surface area contributed by atoms with Crippen molar-refractivity contribution in [3.05, 3.63) is 34.2 Å². The Labute approximate surface area is 81.3 Å². The van der Waals surface area contributed by atoms with Gasteiger partial charge in [-0.15, -0.1) is 0 Å². The lowest BCUT2D eigenvalue weighted by atomic mass is 10.2. The first-order valence-corrected chi connectivity index (χ1v) is 4.73. The van der Waals surface area contributed by atoms with Crippen LogP contribution in [-0.2, 0) is 0 Å². The standard InChI is InChI=1S/C10H12N2O2/c13-9-8(2-1-5-11-9)10(14)12-6-7-3-4-7/h1-2,5,7H,3-4,6H2,(H,11,13)(H,12,14). The van der Waals surface area contributed by atoms with Crippen LogP contribution in [0.5, 0.6) is 0 Å². The fourth-order valence-electron chi connectivity index (χ4n) is 1.25. The van der Waals surface area contributed by atoms with Crippen molar-refractivity contribution in [3.8, 4) is 0 Å². The van der Waals surface area contributed by atoms with Crippen LogP contribution in [0.1, 0.15) is 23.2 Å². The number of aromatic amines is 1. The van der Waals surface area contributed by atoms with Gasteiger partial charge in [0, 0.05) is 12.7 Å². The van der Waals surface area contributed by atoms with Crippen molar-refractivity contribution in [2.45, 2.75) is 12.8 Å². The maximum atomic E-state index is 11.5. The minimum Gasteiger partial charge on any atom is -0.352 e. The fraction of sp³-hybridized carbons (Fsp3) is 0.400. The van der Waals surface area contributed by atoms with E-state index in [1.807, 2.05) is 0 Å². The van der Waals surface area contributed by atoms with Crippen molar-refractivity contribution >= 4 is 5.91 Å². The molecule has 4 heteroatoms. The highest BCUT2D eigenvalue weighted by atomic mass is 16.2. The number of aromatic nitrogens is 1. The van der Waals surface area contributed by atoms with Gasteiger partial charge in [0.15, 0.2) is 0 Å². The van der Waals surface area contributed by atoms with Gasteiger partial charge < -0.3 is 10.3 Å². The van der Waals surface area contributed by atoms with E-state index in [4.69, 9.17) is 0 Å². The molecule has 1 aliphatic carbocycles.